The van der Waals surface area contributed by atoms with E-state index >= 15 is 0 Å². The van der Waals surface area contributed by atoms with E-state index in [2.05, 4.69) is 45.3 Å². The minimum atomic E-state index is -3.60. The second kappa shape index (κ2) is 10.3. The number of hydrogen-bond acceptors (Lipinski definition) is 6. The van der Waals surface area contributed by atoms with Crippen LogP contribution in [0.2, 0.25) is 0 Å². The van der Waals surface area contributed by atoms with Gasteiger partial charge in [0.2, 0.25) is 10.0 Å². The highest BCUT2D eigenvalue weighted by Gasteiger charge is 2.42. The van der Waals surface area contributed by atoms with Crippen molar-refractivity contribution < 1.29 is 18.0 Å². The zero-order valence-electron chi connectivity index (χ0n) is 23.6. The number of benzene rings is 1. The van der Waals surface area contributed by atoms with E-state index in [0.717, 1.165) is 49.2 Å². The Morgan fingerprint density at radius 2 is 1.69 bits per heavy atom. The van der Waals surface area contributed by atoms with E-state index in [1.54, 1.807) is 16.4 Å². The molecule has 0 bridgehead atoms. The van der Waals surface area contributed by atoms with E-state index in [1.165, 1.54) is 23.5 Å². The molecule has 1 unspecified atom stereocenters. The van der Waals surface area contributed by atoms with Crippen molar-refractivity contribution in [3.63, 3.8) is 0 Å². The van der Waals surface area contributed by atoms with Gasteiger partial charge < -0.3 is 15.5 Å². The molecule has 2 amide bonds. The summed E-state index contributed by atoms with van der Waals surface area (Å²) in [5.41, 5.74) is 1.41. The number of sulfonamides is 1. The average molecular weight is 573 g/mol. The first-order valence-electron chi connectivity index (χ1n) is 13.9. The monoisotopic (exact) mass is 572 g/mol. The van der Waals surface area contributed by atoms with Crippen molar-refractivity contribution in [1.82, 2.24) is 14.5 Å². The number of nitrogens with one attached hydrogen (secondary N) is 2. The van der Waals surface area contributed by atoms with Crippen molar-refractivity contribution >= 4 is 38.2 Å². The van der Waals surface area contributed by atoms with Crippen LogP contribution in [0.1, 0.15) is 91.5 Å². The fourth-order valence-electron chi connectivity index (χ4n) is 6.39. The summed E-state index contributed by atoms with van der Waals surface area (Å²) in [6.07, 6.45) is 4.56. The molecule has 212 valence electrons. The number of thiophene rings is 1. The van der Waals surface area contributed by atoms with E-state index in [0.29, 0.717) is 41.6 Å². The van der Waals surface area contributed by atoms with Crippen molar-refractivity contribution in [2.24, 2.45) is 5.92 Å². The highest BCUT2D eigenvalue weighted by atomic mass is 32.2. The van der Waals surface area contributed by atoms with E-state index in [4.69, 9.17) is 0 Å². The summed E-state index contributed by atoms with van der Waals surface area (Å²) >= 11 is 1.46. The van der Waals surface area contributed by atoms with Crippen LogP contribution >= 0.6 is 11.3 Å². The molecule has 2 N–H and O–H groups in total. The van der Waals surface area contributed by atoms with E-state index < -0.39 is 10.0 Å². The standard InChI is InChI=1S/C29H40N4O4S2/c1-19-9-8-16-33(18-19)39(36,37)21-12-10-20(11-13-21)25(34)30-26-23(27(35)32-14-6-7-15-32)22-17-28(2,3)31-29(4,5)24(22)38-26/h10-13,19,31H,6-9,14-18H2,1-5H3,(H,30,34). The van der Waals surface area contributed by atoms with Crippen molar-refractivity contribution in [2.45, 2.75) is 82.7 Å². The lowest BCUT2D eigenvalue weighted by atomic mass is 9.81. The number of amides is 2. The molecule has 0 radical (unpaired) electrons. The molecule has 5 rings (SSSR count). The SMILES string of the molecule is CC1CCCN(S(=O)(=O)c2ccc(C(=O)Nc3sc4c(c3C(=O)N3CCCC3)CC(C)(C)NC4(C)C)cc2)C1. The molecular formula is C29H40N4O4S2. The predicted octanol–water partition coefficient (Wildman–Crippen LogP) is 4.82. The molecule has 10 heteroatoms. The highest BCUT2D eigenvalue weighted by Crippen LogP contribution is 2.45. The second-order valence-corrected chi connectivity index (χ2v) is 15.5. The topological polar surface area (TPSA) is 98.8 Å². The van der Waals surface area contributed by atoms with Crippen LogP contribution in [0.3, 0.4) is 0 Å². The first kappa shape index (κ1) is 28.3. The van der Waals surface area contributed by atoms with Gasteiger partial charge in [-0.15, -0.1) is 11.3 Å². The van der Waals surface area contributed by atoms with Crippen LogP contribution in [-0.2, 0) is 22.0 Å². The number of carbonyl (C=O) groups is 2. The second-order valence-electron chi connectivity index (χ2n) is 12.5. The molecule has 8 nitrogen and oxygen atoms in total. The normalized spacial score (nSPS) is 22.9. The van der Waals surface area contributed by atoms with Gasteiger partial charge in [-0.05, 0) is 95.5 Å². The molecule has 39 heavy (non-hydrogen) atoms. The summed E-state index contributed by atoms with van der Waals surface area (Å²) in [6.45, 7) is 13.1. The average Bonchev–Trinajstić information content (AvgIpc) is 3.51. The van der Waals surface area contributed by atoms with Crippen molar-refractivity contribution in [3.05, 3.63) is 45.8 Å². The fourth-order valence-corrected chi connectivity index (χ4v) is 9.25. The van der Waals surface area contributed by atoms with Gasteiger partial charge in [0.25, 0.3) is 11.8 Å². The third-order valence-corrected chi connectivity index (χ3v) is 11.4. The van der Waals surface area contributed by atoms with Gasteiger partial charge in [-0.1, -0.05) is 6.92 Å². The van der Waals surface area contributed by atoms with Gasteiger partial charge >= 0.3 is 0 Å². The van der Waals surface area contributed by atoms with Gasteiger partial charge in [0.15, 0.2) is 0 Å². The maximum absolute atomic E-state index is 13.8. The number of piperidine rings is 1. The zero-order valence-corrected chi connectivity index (χ0v) is 25.2. The van der Waals surface area contributed by atoms with Crippen molar-refractivity contribution in [3.8, 4) is 0 Å². The minimum Gasteiger partial charge on any atom is -0.339 e. The first-order chi connectivity index (χ1) is 18.3. The number of carbonyl (C=O) groups excluding carboxylic acids is 2. The van der Waals surface area contributed by atoms with E-state index in [9.17, 15) is 18.0 Å². The molecule has 3 aliphatic rings. The van der Waals surface area contributed by atoms with Crippen LogP contribution in [0.15, 0.2) is 29.2 Å². The molecule has 3 aliphatic heterocycles. The molecule has 2 saturated heterocycles. The largest absolute Gasteiger partial charge is 0.339 e. The van der Waals surface area contributed by atoms with Crippen LogP contribution in [0.4, 0.5) is 5.00 Å². The maximum atomic E-state index is 13.8. The lowest BCUT2D eigenvalue weighted by Gasteiger charge is -2.42. The van der Waals surface area contributed by atoms with Crippen LogP contribution in [-0.4, -0.2) is 61.2 Å². The lowest BCUT2D eigenvalue weighted by molar-refractivity contribution is 0.0792. The Morgan fingerprint density at radius 1 is 1.03 bits per heavy atom. The zero-order chi connectivity index (χ0) is 28.2. The smallest absolute Gasteiger partial charge is 0.257 e. The summed E-state index contributed by atoms with van der Waals surface area (Å²) in [5.74, 6) is -0.0472. The Labute approximate surface area is 236 Å². The number of nitrogens with zero attached hydrogens (tertiary/aromatic N) is 2. The molecule has 1 aromatic carbocycles. The lowest BCUT2D eigenvalue weighted by Crippen LogP contribution is -2.55. The number of anilines is 1. The van der Waals surface area contributed by atoms with Crippen LogP contribution in [0.25, 0.3) is 0 Å². The number of likely N-dealkylation sites (tertiary alicyclic amines) is 1. The van der Waals surface area contributed by atoms with Gasteiger partial charge in [-0.2, -0.15) is 4.31 Å². The fraction of sp³-hybridized carbons (Fsp3) is 0.586. The molecule has 1 aromatic heterocycles. The van der Waals surface area contributed by atoms with Gasteiger partial charge in [-0.3, -0.25) is 9.59 Å². The Bertz CT molecular complexity index is 1370. The molecule has 4 heterocycles. The molecule has 0 saturated carbocycles. The van der Waals surface area contributed by atoms with Crippen molar-refractivity contribution in [1.29, 1.82) is 0 Å². The summed E-state index contributed by atoms with van der Waals surface area (Å²) in [6, 6.07) is 6.13. The quantitative estimate of drug-likeness (QED) is 0.536. The number of fused-ring (bicyclic) bond motifs is 1. The van der Waals surface area contributed by atoms with Crippen LogP contribution in [0, 0.1) is 5.92 Å². The minimum absolute atomic E-state index is 0.0222. The van der Waals surface area contributed by atoms with Gasteiger partial charge in [0.05, 0.1) is 10.5 Å². The molecule has 0 spiro atoms. The molecule has 1 atom stereocenters. The Morgan fingerprint density at radius 3 is 2.33 bits per heavy atom. The number of rotatable bonds is 5. The van der Waals surface area contributed by atoms with Gasteiger partial charge in [0, 0.05) is 47.7 Å². The Balaban J connectivity index is 1.44. The summed E-state index contributed by atoms with van der Waals surface area (Å²) in [4.78, 5) is 30.3. The number of hydrogen-bond donors (Lipinski definition) is 2. The van der Waals surface area contributed by atoms with Crippen LogP contribution < -0.4 is 10.6 Å². The summed E-state index contributed by atoms with van der Waals surface area (Å²) in [7, 11) is -3.60. The third-order valence-electron chi connectivity index (χ3n) is 8.05. The van der Waals surface area contributed by atoms with E-state index in [1.807, 2.05) is 4.90 Å². The van der Waals surface area contributed by atoms with E-state index in [-0.39, 0.29) is 27.8 Å². The molecule has 0 aliphatic carbocycles. The molecule has 2 aromatic rings. The summed E-state index contributed by atoms with van der Waals surface area (Å²) in [5, 5.41) is 7.27. The van der Waals surface area contributed by atoms with Crippen LogP contribution in [0.5, 0.6) is 0 Å². The Kier molecular flexibility index (Phi) is 7.45. The third kappa shape index (κ3) is 5.53. The van der Waals surface area contributed by atoms with Gasteiger partial charge in [0.1, 0.15) is 5.00 Å². The highest BCUT2D eigenvalue weighted by molar-refractivity contribution is 7.89. The Hall–Kier alpha value is -2.27. The predicted molar refractivity (Wildman–Crippen MR) is 155 cm³/mol. The first-order valence-corrected chi connectivity index (χ1v) is 16.2. The maximum Gasteiger partial charge on any atom is 0.257 e. The van der Waals surface area contributed by atoms with Crippen molar-refractivity contribution in [2.75, 3.05) is 31.5 Å². The molecular weight excluding hydrogens is 532 g/mol. The molecule has 2 fully saturated rings. The van der Waals surface area contributed by atoms with Gasteiger partial charge in [-0.25, -0.2) is 8.42 Å². The summed E-state index contributed by atoms with van der Waals surface area (Å²) < 4.78 is 27.9.